The minimum absolute atomic E-state index is 0.0817. The first-order valence-corrected chi connectivity index (χ1v) is 8.15. The van der Waals surface area contributed by atoms with Gasteiger partial charge in [-0.15, -0.1) is 0 Å². The highest BCUT2D eigenvalue weighted by atomic mass is 19.1. The highest BCUT2D eigenvalue weighted by Crippen LogP contribution is 2.22. The molecule has 0 saturated heterocycles. The molecule has 124 valence electrons. The van der Waals surface area contributed by atoms with E-state index in [0.717, 1.165) is 18.4 Å². The van der Waals surface area contributed by atoms with E-state index in [1.54, 1.807) is 12.1 Å². The van der Waals surface area contributed by atoms with Gasteiger partial charge in [0.1, 0.15) is 17.3 Å². The average Bonchev–Trinajstić information content (AvgIpc) is 3.09. The number of allylic oxidation sites excluding steroid dienone is 2. The molecule has 0 aliphatic heterocycles. The number of benzene rings is 2. The Morgan fingerprint density at radius 1 is 1.08 bits per heavy atom. The molecule has 24 heavy (non-hydrogen) atoms. The monoisotopic (exact) mass is 325 g/mol. The van der Waals surface area contributed by atoms with Crippen molar-refractivity contribution in [3.8, 4) is 11.5 Å². The van der Waals surface area contributed by atoms with Gasteiger partial charge in [0.05, 0.1) is 0 Å². The summed E-state index contributed by atoms with van der Waals surface area (Å²) in [6.07, 6.45) is 6.97. The fraction of sp³-hybridized carbons (Fsp3) is 0.250. The summed E-state index contributed by atoms with van der Waals surface area (Å²) in [7, 11) is 0. The van der Waals surface area contributed by atoms with Crippen molar-refractivity contribution in [1.82, 2.24) is 5.32 Å². The average molecular weight is 325 g/mol. The highest BCUT2D eigenvalue weighted by Gasteiger charge is 2.13. The molecule has 1 N–H and O–H groups in total. The van der Waals surface area contributed by atoms with Gasteiger partial charge in [-0.3, -0.25) is 4.79 Å². The highest BCUT2D eigenvalue weighted by molar-refractivity contribution is 5.76. The lowest BCUT2D eigenvalue weighted by molar-refractivity contribution is -0.121. The Morgan fingerprint density at radius 3 is 2.38 bits per heavy atom. The van der Waals surface area contributed by atoms with Crippen LogP contribution in [0.5, 0.6) is 11.5 Å². The van der Waals surface area contributed by atoms with Gasteiger partial charge >= 0.3 is 0 Å². The van der Waals surface area contributed by atoms with Crippen molar-refractivity contribution in [2.45, 2.75) is 25.8 Å². The molecule has 0 radical (unpaired) electrons. The first kappa shape index (κ1) is 16.2. The van der Waals surface area contributed by atoms with Gasteiger partial charge in [0, 0.05) is 13.0 Å². The molecule has 1 aliphatic rings. The first-order chi connectivity index (χ1) is 11.7. The summed E-state index contributed by atoms with van der Waals surface area (Å²) in [5.74, 6) is 1.44. The maximum atomic E-state index is 12.9. The molecule has 0 bridgehead atoms. The molecule has 1 atom stereocenters. The second kappa shape index (κ2) is 7.77. The summed E-state index contributed by atoms with van der Waals surface area (Å²) in [5, 5.41) is 2.95. The van der Waals surface area contributed by atoms with Gasteiger partial charge in [0.15, 0.2) is 0 Å². The summed E-state index contributed by atoms with van der Waals surface area (Å²) in [5.41, 5.74) is 1.01. The third-order valence-electron chi connectivity index (χ3n) is 4.02. The van der Waals surface area contributed by atoms with Crippen LogP contribution in [0.15, 0.2) is 60.7 Å². The van der Waals surface area contributed by atoms with E-state index in [9.17, 15) is 9.18 Å². The van der Waals surface area contributed by atoms with Gasteiger partial charge in [-0.2, -0.15) is 0 Å². The van der Waals surface area contributed by atoms with Crippen LogP contribution in [0.2, 0.25) is 0 Å². The molecule has 0 spiro atoms. The second-order valence-electron chi connectivity index (χ2n) is 5.95. The Morgan fingerprint density at radius 2 is 1.75 bits per heavy atom. The first-order valence-electron chi connectivity index (χ1n) is 8.15. The Labute approximate surface area is 141 Å². The third-order valence-corrected chi connectivity index (χ3v) is 4.02. The van der Waals surface area contributed by atoms with Gasteiger partial charge in [0.2, 0.25) is 5.91 Å². The van der Waals surface area contributed by atoms with Crippen LogP contribution in [0.25, 0.3) is 0 Å². The van der Waals surface area contributed by atoms with Crippen LogP contribution in [0.1, 0.15) is 24.8 Å². The Balaban J connectivity index is 1.48. The van der Waals surface area contributed by atoms with Crippen LogP contribution >= 0.6 is 0 Å². The maximum Gasteiger partial charge on any atom is 0.220 e. The van der Waals surface area contributed by atoms with Crippen LogP contribution in [0.3, 0.4) is 0 Å². The van der Waals surface area contributed by atoms with E-state index in [2.05, 4.69) is 17.5 Å². The number of amides is 1. The van der Waals surface area contributed by atoms with Crippen LogP contribution in [-0.2, 0) is 11.3 Å². The van der Waals surface area contributed by atoms with E-state index in [-0.39, 0.29) is 11.7 Å². The number of halogens is 1. The number of ether oxygens (including phenoxy) is 1. The predicted molar refractivity (Wildman–Crippen MR) is 91.2 cm³/mol. The van der Waals surface area contributed by atoms with E-state index >= 15 is 0 Å². The lowest BCUT2D eigenvalue weighted by Crippen LogP contribution is -2.24. The Hall–Kier alpha value is -2.62. The lowest BCUT2D eigenvalue weighted by Gasteiger charge is -2.10. The van der Waals surface area contributed by atoms with Gasteiger partial charge in [-0.05, 0) is 60.7 Å². The number of hydrogen-bond acceptors (Lipinski definition) is 2. The minimum atomic E-state index is -0.290. The number of nitrogens with one attached hydrogen (secondary N) is 1. The summed E-state index contributed by atoms with van der Waals surface area (Å²) in [6, 6.07) is 13.4. The van der Waals surface area contributed by atoms with Crippen molar-refractivity contribution >= 4 is 5.91 Å². The molecular formula is C20H20FNO2. The zero-order valence-electron chi connectivity index (χ0n) is 13.4. The van der Waals surface area contributed by atoms with E-state index in [1.807, 2.05) is 24.3 Å². The molecule has 2 aromatic carbocycles. The largest absolute Gasteiger partial charge is 0.457 e. The lowest BCUT2D eigenvalue weighted by atomic mass is 10.1. The number of hydrogen-bond donors (Lipinski definition) is 1. The normalized spacial score (nSPS) is 16.1. The van der Waals surface area contributed by atoms with Crippen molar-refractivity contribution in [2.75, 3.05) is 0 Å². The maximum absolute atomic E-state index is 12.9. The summed E-state index contributed by atoms with van der Waals surface area (Å²) in [4.78, 5) is 11.9. The molecule has 4 heteroatoms. The molecule has 3 rings (SSSR count). The topological polar surface area (TPSA) is 38.3 Å². The summed E-state index contributed by atoms with van der Waals surface area (Å²) in [6.45, 7) is 0.506. The number of carbonyl (C=O) groups is 1. The quantitative estimate of drug-likeness (QED) is 0.789. The molecule has 1 aliphatic carbocycles. The van der Waals surface area contributed by atoms with Gasteiger partial charge in [-0.1, -0.05) is 24.3 Å². The molecule has 0 aromatic heterocycles. The molecular weight excluding hydrogens is 305 g/mol. The van der Waals surface area contributed by atoms with Gasteiger partial charge in [0.25, 0.3) is 0 Å². The van der Waals surface area contributed by atoms with E-state index in [4.69, 9.17) is 4.74 Å². The standard InChI is InChI=1S/C20H20FNO2/c21-17-7-11-19(12-8-17)24-18-9-5-16(6-10-18)14-22-20(23)13-15-3-1-2-4-15/h1,3,5-12,15H,2,4,13-14H2,(H,22,23)/t15-/m1/s1. The molecule has 3 nitrogen and oxygen atoms in total. The predicted octanol–water partition coefficient (Wildman–Crippen LogP) is 4.59. The Kier molecular flexibility index (Phi) is 5.26. The van der Waals surface area contributed by atoms with E-state index in [0.29, 0.717) is 30.4 Å². The van der Waals surface area contributed by atoms with Gasteiger partial charge < -0.3 is 10.1 Å². The molecule has 1 amide bonds. The van der Waals surface area contributed by atoms with Crippen molar-refractivity contribution in [1.29, 1.82) is 0 Å². The minimum Gasteiger partial charge on any atom is -0.457 e. The molecule has 0 fully saturated rings. The fourth-order valence-electron chi connectivity index (χ4n) is 2.69. The zero-order valence-corrected chi connectivity index (χ0v) is 13.4. The summed E-state index contributed by atoms with van der Waals surface area (Å²) < 4.78 is 18.5. The van der Waals surface area contributed by atoms with Crippen LogP contribution in [0.4, 0.5) is 4.39 Å². The fourth-order valence-corrected chi connectivity index (χ4v) is 2.69. The summed E-state index contributed by atoms with van der Waals surface area (Å²) >= 11 is 0. The van der Waals surface area contributed by atoms with Crippen molar-refractivity contribution < 1.29 is 13.9 Å². The van der Waals surface area contributed by atoms with E-state index in [1.165, 1.54) is 12.1 Å². The van der Waals surface area contributed by atoms with Gasteiger partial charge in [-0.25, -0.2) is 4.39 Å². The molecule has 0 heterocycles. The smallest absolute Gasteiger partial charge is 0.220 e. The third kappa shape index (κ3) is 4.69. The molecule has 0 saturated carbocycles. The van der Waals surface area contributed by atoms with Crippen LogP contribution in [0, 0.1) is 11.7 Å². The molecule has 2 aromatic rings. The number of rotatable bonds is 6. The second-order valence-corrected chi connectivity index (χ2v) is 5.95. The van der Waals surface area contributed by atoms with Crippen molar-refractivity contribution in [2.24, 2.45) is 5.92 Å². The SMILES string of the molecule is O=C(C[C@@H]1C=CCC1)NCc1ccc(Oc2ccc(F)cc2)cc1. The zero-order chi connectivity index (χ0) is 16.8. The van der Waals surface area contributed by atoms with E-state index < -0.39 is 0 Å². The van der Waals surface area contributed by atoms with Crippen LogP contribution < -0.4 is 10.1 Å². The Bertz CT molecular complexity index is 707. The van der Waals surface area contributed by atoms with Crippen molar-refractivity contribution in [3.63, 3.8) is 0 Å². The van der Waals surface area contributed by atoms with Crippen molar-refractivity contribution in [3.05, 3.63) is 72.1 Å². The molecule has 0 unspecified atom stereocenters. The number of carbonyl (C=O) groups excluding carboxylic acids is 1. The van der Waals surface area contributed by atoms with Crippen LogP contribution in [-0.4, -0.2) is 5.91 Å².